The van der Waals surface area contributed by atoms with Crippen LogP contribution in [0.15, 0.2) is 18.2 Å². The van der Waals surface area contributed by atoms with Gasteiger partial charge in [-0.2, -0.15) is 0 Å². The third-order valence-electron chi connectivity index (χ3n) is 5.56. The van der Waals surface area contributed by atoms with Gasteiger partial charge in [0, 0.05) is 70.4 Å². The molecule has 2 heterocycles. The fraction of sp³-hybridized carbons (Fsp3) is 0.579. The molecule has 2 aliphatic heterocycles. The Labute approximate surface area is 174 Å². The quantitative estimate of drug-likeness (QED) is 0.549. The highest BCUT2D eigenvalue weighted by Crippen LogP contribution is 2.32. The van der Waals surface area contributed by atoms with E-state index in [4.69, 9.17) is 11.6 Å². The number of nitro groups is 1. The van der Waals surface area contributed by atoms with Crippen LogP contribution in [-0.4, -0.2) is 84.9 Å². The van der Waals surface area contributed by atoms with Crippen LogP contribution in [-0.2, 0) is 4.79 Å². The van der Waals surface area contributed by atoms with Crippen LogP contribution in [0.2, 0.25) is 5.02 Å². The highest BCUT2D eigenvalue weighted by atomic mass is 35.5. The first-order chi connectivity index (χ1) is 13.8. The summed E-state index contributed by atoms with van der Waals surface area (Å²) in [5.41, 5.74) is 0.511. The number of nitro benzene ring substituents is 1. The van der Waals surface area contributed by atoms with E-state index >= 15 is 0 Å². The van der Waals surface area contributed by atoms with E-state index in [9.17, 15) is 19.7 Å². The maximum atomic E-state index is 12.9. The van der Waals surface area contributed by atoms with Gasteiger partial charge in [0.25, 0.3) is 5.69 Å². The SMILES string of the molecule is CN(C)C(=O)N1CCC(C(=O)N2CCN(c3ccc(Cl)cc3[N+](=O)[O-])CC2)CC1. The minimum Gasteiger partial charge on any atom is -0.362 e. The summed E-state index contributed by atoms with van der Waals surface area (Å²) in [6, 6.07) is 4.64. The molecule has 0 atom stereocenters. The fourth-order valence-corrected chi connectivity index (χ4v) is 4.10. The molecule has 9 nitrogen and oxygen atoms in total. The van der Waals surface area contributed by atoms with Crippen molar-refractivity contribution in [3.05, 3.63) is 33.3 Å². The van der Waals surface area contributed by atoms with Crippen LogP contribution in [0.5, 0.6) is 0 Å². The van der Waals surface area contributed by atoms with E-state index in [1.165, 1.54) is 6.07 Å². The number of anilines is 1. The van der Waals surface area contributed by atoms with E-state index in [2.05, 4.69) is 0 Å². The number of urea groups is 1. The molecule has 158 valence electrons. The standard InChI is InChI=1S/C19H26ClN5O4/c1-21(2)19(27)24-7-5-14(6-8-24)18(26)23-11-9-22(10-12-23)16-4-3-15(20)13-17(16)25(28)29/h3-4,13-14H,5-12H2,1-2H3. The van der Waals surface area contributed by atoms with Gasteiger partial charge in [-0.15, -0.1) is 0 Å². The molecule has 0 radical (unpaired) electrons. The molecule has 0 aromatic heterocycles. The normalized spacial score (nSPS) is 18.0. The molecule has 0 unspecified atom stereocenters. The Hall–Kier alpha value is -2.55. The smallest absolute Gasteiger partial charge is 0.319 e. The summed E-state index contributed by atoms with van der Waals surface area (Å²) in [5, 5.41) is 11.7. The van der Waals surface area contributed by atoms with Crippen molar-refractivity contribution in [2.75, 3.05) is 58.3 Å². The molecule has 2 aliphatic rings. The number of benzene rings is 1. The van der Waals surface area contributed by atoms with E-state index in [-0.39, 0.29) is 23.5 Å². The summed E-state index contributed by atoms with van der Waals surface area (Å²) in [4.78, 5) is 42.9. The first kappa shape index (κ1) is 21.2. The Balaban J connectivity index is 1.56. The van der Waals surface area contributed by atoms with Gasteiger partial charge in [0.05, 0.1) is 4.92 Å². The molecule has 3 rings (SSSR count). The van der Waals surface area contributed by atoms with Crippen LogP contribution in [0.3, 0.4) is 0 Å². The van der Waals surface area contributed by atoms with Crippen molar-refractivity contribution in [1.82, 2.24) is 14.7 Å². The van der Waals surface area contributed by atoms with E-state index in [1.807, 2.05) is 9.80 Å². The van der Waals surface area contributed by atoms with E-state index in [0.717, 1.165) is 0 Å². The fourth-order valence-electron chi connectivity index (χ4n) is 3.94. The Kier molecular flexibility index (Phi) is 6.46. The van der Waals surface area contributed by atoms with Gasteiger partial charge in [-0.3, -0.25) is 14.9 Å². The number of hydrogen-bond donors (Lipinski definition) is 0. The lowest BCUT2D eigenvalue weighted by Gasteiger charge is -2.39. The van der Waals surface area contributed by atoms with E-state index in [0.29, 0.717) is 62.8 Å². The zero-order valence-electron chi connectivity index (χ0n) is 16.7. The summed E-state index contributed by atoms with van der Waals surface area (Å²) in [7, 11) is 3.45. The second kappa shape index (κ2) is 8.86. The van der Waals surface area contributed by atoms with Gasteiger partial charge in [0.1, 0.15) is 5.69 Å². The highest BCUT2D eigenvalue weighted by Gasteiger charge is 2.33. The molecule has 1 aromatic rings. The molecule has 0 bridgehead atoms. The Morgan fingerprint density at radius 3 is 2.24 bits per heavy atom. The maximum Gasteiger partial charge on any atom is 0.319 e. The number of carbonyl (C=O) groups is 2. The minimum atomic E-state index is -0.429. The van der Waals surface area contributed by atoms with Crippen LogP contribution in [0.25, 0.3) is 0 Å². The van der Waals surface area contributed by atoms with Gasteiger partial charge in [-0.25, -0.2) is 4.79 Å². The highest BCUT2D eigenvalue weighted by molar-refractivity contribution is 6.30. The molecule has 1 aromatic carbocycles. The summed E-state index contributed by atoms with van der Waals surface area (Å²) in [6.07, 6.45) is 1.34. The monoisotopic (exact) mass is 423 g/mol. The number of nitrogens with zero attached hydrogens (tertiary/aromatic N) is 5. The summed E-state index contributed by atoms with van der Waals surface area (Å²) in [6.45, 7) is 3.29. The number of amides is 3. The summed E-state index contributed by atoms with van der Waals surface area (Å²) < 4.78 is 0. The predicted molar refractivity (Wildman–Crippen MR) is 110 cm³/mol. The van der Waals surface area contributed by atoms with Gasteiger partial charge >= 0.3 is 6.03 Å². The van der Waals surface area contributed by atoms with Crippen LogP contribution in [0.1, 0.15) is 12.8 Å². The Morgan fingerprint density at radius 2 is 1.69 bits per heavy atom. The number of piperazine rings is 1. The van der Waals surface area contributed by atoms with E-state index in [1.54, 1.807) is 36.0 Å². The number of likely N-dealkylation sites (tertiary alicyclic amines) is 1. The van der Waals surface area contributed by atoms with Crippen LogP contribution >= 0.6 is 11.6 Å². The molecule has 0 spiro atoms. The first-order valence-corrected chi connectivity index (χ1v) is 10.1. The van der Waals surface area contributed by atoms with Crippen LogP contribution < -0.4 is 4.90 Å². The molecular weight excluding hydrogens is 398 g/mol. The number of rotatable bonds is 3. The number of hydrogen-bond acceptors (Lipinski definition) is 5. The third-order valence-corrected chi connectivity index (χ3v) is 5.80. The Morgan fingerprint density at radius 1 is 1.07 bits per heavy atom. The average molecular weight is 424 g/mol. The first-order valence-electron chi connectivity index (χ1n) is 9.72. The number of piperidine rings is 1. The van der Waals surface area contributed by atoms with E-state index < -0.39 is 4.92 Å². The van der Waals surface area contributed by atoms with Gasteiger partial charge < -0.3 is 19.6 Å². The van der Waals surface area contributed by atoms with Crippen molar-refractivity contribution in [2.24, 2.45) is 5.92 Å². The van der Waals surface area contributed by atoms with Crippen LogP contribution in [0.4, 0.5) is 16.2 Å². The van der Waals surface area contributed by atoms with Crippen molar-refractivity contribution in [1.29, 1.82) is 0 Å². The van der Waals surface area contributed by atoms with Crippen molar-refractivity contribution in [3.8, 4) is 0 Å². The predicted octanol–water partition coefficient (Wildman–Crippen LogP) is 2.29. The Bertz CT molecular complexity index is 787. The summed E-state index contributed by atoms with van der Waals surface area (Å²) >= 11 is 5.89. The molecule has 3 amide bonds. The zero-order chi connectivity index (χ0) is 21.1. The van der Waals surface area contributed by atoms with Crippen molar-refractivity contribution >= 4 is 34.9 Å². The second-order valence-corrected chi connectivity index (χ2v) is 8.08. The lowest BCUT2D eigenvalue weighted by molar-refractivity contribution is -0.384. The van der Waals surface area contributed by atoms with Crippen LogP contribution in [0, 0.1) is 16.0 Å². The van der Waals surface area contributed by atoms with Gasteiger partial charge in [-0.1, -0.05) is 11.6 Å². The second-order valence-electron chi connectivity index (χ2n) is 7.64. The largest absolute Gasteiger partial charge is 0.362 e. The molecule has 0 N–H and O–H groups in total. The maximum absolute atomic E-state index is 12.9. The number of carbonyl (C=O) groups excluding carboxylic acids is 2. The molecule has 10 heteroatoms. The molecular formula is C19H26ClN5O4. The van der Waals surface area contributed by atoms with Crippen molar-refractivity contribution < 1.29 is 14.5 Å². The van der Waals surface area contributed by atoms with Gasteiger partial charge in [0.15, 0.2) is 0 Å². The third kappa shape index (κ3) is 4.72. The molecule has 0 aliphatic carbocycles. The van der Waals surface area contributed by atoms with Crippen molar-refractivity contribution in [2.45, 2.75) is 12.8 Å². The number of halogens is 1. The lowest BCUT2D eigenvalue weighted by Crippen LogP contribution is -2.52. The molecule has 29 heavy (non-hydrogen) atoms. The average Bonchev–Trinajstić information content (AvgIpc) is 2.72. The molecule has 0 saturated carbocycles. The van der Waals surface area contributed by atoms with Gasteiger partial charge in [-0.05, 0) is 25.0 Å². The topological polar surface area (TPSA) is 90.2 Å². The van der Waals surface area contributed by atoms with Crippen molar-refractivity contribution in [3.63, 3.8) is 0 Å². The molecule has 2 fully saturated rings. The van der Waals surface area contributed by atoms with Gasteiger partial charge in [0.2, 0.25) is 5.91 Å². The molecule has 2 saturated heterocycles. The lowest BCUT2D eigenvalue weighted by atomic mass is 9.95. The minimum absolute atomic E-state index is 0.0183. The zero-order valence-corrected chi connectivity index (χ0v) is 17.5. The summed E-state index contributed by atoms with van der Waals surface area (Å²) in [5.74, 6) is 0.0461.